The lowest BCUT2D eigenvalue weighted by Gasteiger charge is -2.35. The summed E-state index contributed by atoms with van der Waals surface area (Å²) in [4.78, 5) is 10.5. The summed E-state index contributed by atoms with van der Waals surface area (Å²) in [5.41, 5.74) is 5.62. The first-order valence-corrected chi connectivity index (χ1v) is 4.35. The largest absolute Gasteiger partial charge is 0.324 e. The van der Waals surface area contributed by atoms with Crippen molar-refractivity contribution in [3.8, 4) is 0 Å². The highest BCUT2D eigenvalue weighted by molar-refractivity contribution is 7.98. The lowest BCUT2D eigenvalue weighted by Crippen LogP contribution is -2.54. The fourth-order valence-electron chi connectivity index (χ4n) is 1.12. The number of nitrogens with two attached hydrogens (primary N) is 1. The Bertz CT molecular complexity index is 127. The van der Waals surface area contributed by atoms with Crippen LogP contribution in [0.5, 0.6) is 0 Å². The third-order valence-corrected chi connectivity index (χ3v) is 2.39. The quantitative estimate of drug-likeness (QED) is 0.612. The average molecular weight is 145 g/mol. The van der Waals surface area contributed by atoms with Gasteiger partial charge in [-0.05, 0) is 6.26 Å². The predicted molar refractivity (Wildman–Crippen MR) is 39.5 cm³/mol. The van der Waals surface area contributed by atoms with E-state index in [-0.39, 0.29) is 5.54 Å². The number of thioether (sulfide) groups is 1. The van der Waals surface area contributed by atoms with Crippen LogP contribution in [0.3, 0.4) is 0 Å². The van der Waals surface area contributed by atoms with Crippen LogP contribution in [0.1, 0.15) is 12.8 Å². The van der Waals surface area contributed by atoms with Crippen molar-refractivity contribution in [1.82, 2.24) is 0 Å². The molecule has 2 N–H and O–H groups in total. The Morgan fingerprint density at radius 3 is 2.67 bits per heavy atom. The highest BCUT2D eigenvalue weighted by Crippen LogP contribution is 2.28. The molecule has 3 heteroatoms. The van der Waals surface area contributed by atoms with E-state index in [0.717, 1.165) is 5.75 Å². The van der Waals surface area contributed by atoms with E-state index >= 15 is 0 Å². The van der Waals surface area contributed by atoms with Crippen LogP contribution in [0, 0.1) is 0 Å². The van der Waals surface area contributed by atoms with E-state index in [4.69, 9.17) is 5.73 Å². The van der Waals surface area contributed by atoms with Gasteiger partial charge in [-0.15, -0.1) is 0 Å². The molecule has 0 aromatic rings. The second-order valence-electron chi connectivity index (χ2n) is 2.69. The number of rotatable bonds is 2. The topological polar surface area (TPSA) is 43.1 Å². The van der Waals surface area contributed by atoms with Crippen LogP contribution >= 0.6 is 11.8 Å². The van der Waals surface area contributed by atoms with Crippen LogP contribution in [0.2, 0.25) is 0 Å². The maximum absolute atomic E-state index is 10.5. The molecule has 0 saturated heterocycles. The lowest BCUT2D eigenvalue weighted by atomic mass is 9.78. The standard InChI is InChI=1S/C6H11NOS/c1-9-4-6(7)2-5(8)3-6/h2-4,7H2,1H3. The highest BCUT2D eigenvalue weighted by Gasteiger charge is 2.38. The van der Waals surface area contributed by atoms with E-state index in [2.05, 4.69) is 0 Å². The number of ketones is 1. The molecule has 9 heavy (non-hydrogen) atoms. The molecular formula is C6H11NOS. The van der Waals surface area contributed by atoms with Gasteiger partial charge in [-0.2, -0.15) is 11.8 Å². The first kappa shape index (κ1) is 7.09. The molecule has 0 aromatic carbocycles. The van der Waals surface area contributed by atoms with E-state index in [1.54, 1.807) is 11.8 Å². The van der Waals surface area contributed by atoms with Crippen LogP contribution in [0.15, 0.2) is 0 Å². The maximum atomic E-state index is 10.5. The average Bonchev–Trinajstić information content (AvgIpc) is 1.62. The van der Waals surface area contributed by atoms with Crippen molar-refractivity contribution in [2.45, 2.75) is 18.4 Å². The fourth-order valence-corrected chi connectivity index (χ4v) is 1.90. The third kappa shape index (κ3) is 1.46. The zero-order valence-electron chi connectivity index (χ0n) is 5.52. The van der Waals surface area contributed by atoms with Gasteiger partial charge in [0.25, 0.3) is 0 Å². The van der Waals surface area contributed by atoms with Crippen molar-refractivity contribution in [1.29, 1.82) is 0 Å². The van der Waals surface area contributed by atoms with Gasteiger partial charge in [-0.25, -0.2) is 0 Å². The minimum Gasteiger partial charge on any atom is -0.324 e. The molecule has 0 amide bonds. The Balaban J connectivity index is 2.31. The van der Waals surface area contributed by atoms with Crippen molar-refractivity contribution in [2.24, 2.45) is 5.73 Å². The molecule has 1 rings (SSSR count). The van der Waals surface area contributed by atoms with E-state index in [1.807, 2.05) is 6.26 Å². The molecule has 0 bridgehead atoms. The summed E-state index contributed by atoms with van der Waals surface area (Å²) in [6.45, 7) is 0. The molecule has 0 heterocycles. The molecular weight excluding hydrogens is 134 g/mol. The fraction of sp³-hybridized carbons (Fsp3) is 0.833. The van der Waals surface area contributed by atoms with Crippen LogP contribution in [0.25, 0.3) is 0 Å². The van der Waals surface area contributed by atoms with E-state index in [9.17, 15) is 4.79 Å². The normalized spacial score (nSPS) is 23.6. The molecule has 1 aliphatic carbocycles. The monoisotopic (exact) mass is 145 g/mol. The van der Waals surface area contributed by atoms with Gasteiger partial charge in [0.05, 0.1) is 0 Å². The molecule has 0 spiro atoms. The number of carbonyl (C=O) groups excluding carboxylic acids is 1. The second-order valence-corrected chi connectivity index (χ2v) is 3.55. The smallest absolute Gasteiger partial charge is 0.136 e. The summed E-state index contributed by atoms with van der Waals surface area (Å²) < 4.78 is 0. The Labute approximate surface area is 59.2 Å². The van der Waals surface area contributed by atoms with E-state index in [0.29, 0.717) is 18.6 Å². The van der Waals surface area contributed by atoms with Gasteiger partial charge in [0.15, 0.2) is 0 Å². The van der Waals surface area contributed by atoms with Crippen molar-refractivity contribution in [3.05, 3.63) is 0 Å². The Kier molecular flexibility index (Phi) is 1.82. The first-order chi connectivity index (χ1) is 4.16. The van der Waals surface area contributed by atoms with Crippen LogP contribution in [0.4, 0.5) is 0 Å². The van der Waals surface area contributed by atoms with Gasteiger partial charge < -0.3 is 5.73 Å². The molecule has 0 aromatic heterocycles. The van der Waals surface area contributed by atoms with Gasteiger partial charge in [-0.1, -0.05) is 0 Å². The van der Waals surface area contributed by atoms with Crippen molar-refractivity contribution in [3.63, 3.8) is 0 Å². The maximum Gasteiger partial charge on any atom is 0.136 e. The number of hydrogen-bond donors (Lipinski definition) is 1. The van der Waals surface area contributed by atoms with Crippen molar-refractivity contribution >= 4 is 17.5 Å². The molecule has 0 radical (unpaired) electrons. The molecule has 0 aliphatic heterocycles. The zero-order chi connectivity index (χ0) is 6.91. The van der Waals surface area contributed by atoms with Gasteiger partial charge in [0, 0.05) is 24.1 Å². The van der Waals surface area contributed by atoms with E-state index in [1.165, 1.54) is 0 Å². The van der Waals surface area contributed by atoms with Gasteiger partial charge in [-0.3, -0.25) is 4.79 Å². The number of carbonyl (C=O) groups is 1. The van der Waals surface area contributed by atoms with Crippen molar-refractivity contribution in [2.75, 3.05) is 12.0 Å². The van der Waals surface area contributed by atoms with Gasteiger partial charge in [0.2, 0.25) is 0 Å². The number of hydrogen-bond acceptors (Lipinski definition) is 3. The number of Topliss-reactive ketones (excluding diaryl/α,β-unsaturated/α-hetero) is 1. The van der Waals surface area contributed by atoms with Crippen LogP contribution < -0.4 is 5.73 Å². The summed E-state index contributed by atoms with van der Waals surface area (Å²) >= 11 is 1.71. The summed E-state index contributed by atoms with van der Waals surface area (Å²) in [7, 11) is 0. The molecule has 1 fully saturated rings. The predicted octanol–water partition coefficient (Wildman–Crippen LogP) is 0.410. The molecule has 0 atom stereocenters. The Morgan fingerprint density at radius 1 is 1.78 bits per heavy atom. The second kappa shape index (κ2) is 2.31. The summed E-state index contributed by atoms with van der Waals surface area (Å²) in [5.74, 6) is 1.23. The highest BCUT2D eigenvalue weighted by atomic mass is 32.2. The molecule has 1 saturated carbocycles. The van der Waals surface area contributed by atoms with Crippen LogP contribution in [-0.4, -0.2) is 23.3 Å². The third-order valence-electron chi connectivity index (χ3n) is 1.53. The Hall–Kier alpha value is -0.0200. The molecule has 0 unspecified atom stereocenters. The Morgan fingerprint density at radius 2 is 2.33 bits per heavy atom. The van der Waals surface area contributed by atoms with Gasteiger partial charge >= 0.3 is 0 Å². The summed E-state index contributed by atoms with van der Waals surface area (Å²) in [6, 6.07) is 0. The zero-order valence-corrected chi connectivity index (χ0v) is 6.33. The minimum absolute atomic E-state index is 0.142. The summed E-state index contributed by atoms with van der Waals surface area (Å²) in [6.07, 6.45) is 3.19. The lowest BCUT2D eigenvalue weighted by molar-refractivity contribution is -0.127. The van der Waals surface area contributed by atoms with Crippen molar-refractivity contribution < 1.29 is 4.79 Å². The van der Waals surface area contributed by atoms with Crippen LogP contribution in [-0.2, 0) is 4.79 Å². The summed E-state index contributed by atoms with van der Waals surface area (Å²) in [5, 5.41) is 0. The van der Waals surface area contributed by atoms with E-state index < -0.39 is 0 Å². The minimum atomic E-state index is -0.142. The van der Waals surface area contributed by atoms with Gasteiger partial charge in [0.1, 0.15) is 5.78 Å². The first-order valence-electron chi connectivity index (χ1n) is 2.96. The molecule has 2 nitrogen and oxygen atoms in total. The molecule has 52 valence electrons. The molecule has 1 aliphatic rings. The SMILES string of the molecule is CSCC1(N)CC(=O)C1.